The van der Waals surface area contributed by atoms with Crippen molar-refractivity contribution in [1.29, 1.82) is 0 Å². The van der Waals surface area contributed by atoms with E-state index in [1.807, 2.05) is 0 Å². The first-order chi connectivity index (χ1) is 7.54. The molecule has 1 aromatic rings. The first-order valence-corrected chi connectivity index (χ1v) is 4.86. The number of alkyl halides is 3. The third kappa shape index (κ3) is 2.79. The standard InChI is InChI=1S/C10H11F3N2O/c11-10(12,13)16-9-4-2-1-3-8(9)15-7-5-14-6-7/h1-4,7,14-15H,5-6H2. The molecule has 2 N–H and O–H groups in total. The number of hydrogen-bond acceptors (Lipinski definition) is 3. The zero-order valence-corrected chi connectivity index (χ0v) is 8.34. The van der Waals surface area contributed by atoms with Crippen LogP contribution in [0.3, 0.4) is 0 Å². The molecular formula is C10H11F3N2O. The Hall–Kier alpha value is -1.43. The summed E-state index contributed by atoms with van der Waals surface area (Å²) in [5.41, 5.74) is 0.367. The van der Waals surface area contributed by atoms with Gasteiger partial charge in [0.05, 0.1) is 11.7 Å². The topological polar surface area (TPSA) is 33.3 Å². The van der Waals surface area contributed by atoms with Gasteiger partial charge in [0, 0.05) is 13.1 Å². The minimum absolute atomic E-state index is 0.165. The molecule has 6 heteroatoms. The SMILES string of the molecule is FC(F)(F)Oc1ccccc1NC1CNC1. The molecule has 0 spiro atoms. The maximum atomic E-state index is 12.1. The number of halogens is 3. The van der Waals surface area contributed by atoms with Crippen LogP contribution < -0.4 is 15.4 Å². The van der Waals surface area contributed by atoms with E-state index in [1.54, 1.807) is 12.1 Å². The summed E-state index contributed by atoms with van der Waals surface area (Å²) in [5, 5.41) is 6.01. The molecule has 0 unspecified atom stereocenters. The Labute approximate surface area is 90.6 Å². The van der Waals surface area contributed by atoms with Gasteiger partial charge in [-0.3, -0.25) is 0 Å². The van der Waals surface area contributed by atoms with Gasteiger partial charge in [0.2, 0.25) is 0 Å². The summed E-state index contributed by atoms with van der Waals surface area (Å²) in [6.45, 7) is 1.50. The molecule has 0 atom stereocenters. The summed E-state index contributed by atoms with van der Waals surface area (Å²) in [6, 6.07) is 6.20. The first-order valence-electron chi connectivity index (χ1n) is 4.86. The third-order valence-electron chi connectivity index (χ3n) is 2.25. The highest BCUT2D eigenvalue weighted by molar-refractivity contribution is 5.57. The molecular weight excluding hydrogens is 221 g/mol. The van der Waals surface area contributed by atoms with Crippen molar-refractivity contribution >= 4 is 5.69 Å². The number of nitrogens with one attached hydrogen (secondary N) is 2. The van der Waals surface area contributed by atoms with E-state index in [9.17, 15) is 13.2 Å². The monoisotopic (exact) mass is 232 g/mol. The zero-order valence-electron chi connectivity index (χ0n) is 8.34. The summed E-state index contributed by atoms with van der Waals surface area (Å²) < 4.78 is 40.2. The van der Waals surface area contributed by atoms with E-state index in [1.165, 1.54) is 12.1 Å². The van der Waals surface area contributed by atoms with Gasteiger partial charge in [0.25, 0.3) is 0 Å². The molecule has 3 nitrogen and oxygen atoms in total. The summed E-state index contributed by atoms with van der Waals surface area (Å²) in [7, 11) is 0. The fraction of sp³-hybridized carbons (Fsp3) is 0.400. The molecule has 0 amide bonds. The number of para-hydroxylation sites is 2. The summed E-state index contributed by atoms with van der Waals surface area (Å²) in [6.07, 6.45) is -4.66. The Kier molecular flexibility index (Phi) is 2.91. The van der Waals surface area contributed by atoms with E-state index >= 15 is 0 Å². The minimum Gasteiger partial charge on any atom is -0.404 e. The minimum atomic E-state index is -4.66. The molecule has 0 aromatic heterocycles. The molecule has 1 aliphatic rings. The molecule has 1 aliphatic heterocycles. The predicted octanol–water partition coefficient (Wildman–Crippen LogP) is 1.97. The molecule has 1 aromatic carbocycles. The second-order valence-corrected chi connectivity index (χ2v) is 3.54. The van der Waals surface area contributed by atoms with Crippen molar-refractivity contribution in [3.05, 3.63) is 24.3 Å². The normalized spacial score (nSPS) is 16.7. The van der Waals surface area contributed by atoms with E-state index in [4.69, 9.17) is 0 Å². The molecule has 0 saturated carbocycles. The average molecular weight is 232 g/mol. The number of rotatable bonds is 3. The predicted molar refractivity (Wildman–Crippen MR) is 53.4 cm³/mol. The smallest absolute Gasteiger partial charge is 0.404 e. The van der Waals surface area contributed by atoms with Gasteiger partial charge in [-0.2, -0.15) is 0 Å². The summed E-state index contributed by atoms with van der Waals surface area (Å²) >= 11 is 0. The van der Waals surface area contributed by atoms with Crippen LogP contribution in [0.5, 0.6) is 5.75 Å². The molecule has 2 rings (SSSR count). The van der Waals surface area contributed by atoms with Crippen LogP contribution in [-0.2, 0) is 0 Å². The highest BCUT2D eigenvalue weighted by Crippen LogP contribution is 2.30. The Bertz CT molecular complexity index is 363. The molecule has 16 heavy (non-hydrogen) atoms. The second-order valence-electron chi connectivity index (χ2n) is 3.54. The lowest BCUT2D eigenvalue weighted by molar-refractivity contribution is -0.274. The van der Waals surface area contributed by atoms with Gasteiger partial charge >= 0.3 is 6.36 Å². The van der Waals surface area contributed by atoms with Crippen molar-refractivity contribution < 1.29 is 17.9 Å². The van der Waals surface area contributed by atoms with Gasteiger partial charge in [-0.05, 0) is 12.1 Å². The van der Waals surface area contributed by atoms with Gasteiger partial charge in [-0.1, -0.05) is 12.1 Å². The van der Waals surface area contributed by atoms with E-state index in [0.717, 1.165) is 13.1 Å². The van der Waals surface area contributed by atoms with Gasteiger partial charge < -0.3 is 15.4 Å². The molecule has 1 saturated heterocycles. The zero-order chi connectivity index (χ0) is 11.6. The average Bonchev–Trinajstić information content (AvgIpc) is 2.11. The number of anilines is 1. The van der Waals surface area contributed by atoms with E-state index in [2.05, 4.69) is 15.4 Å². The number of hydrogen-bond donors (Lipinski definition) is 2. The van der Waals surface area contributed by atoms with Crippen molar-refractivity contribution in [2.45, 2.75) is 12.4 Å². The largest absolute Gasteiger partial charge is 0.573 e. The van der Waals surface area contributed by atoms with E-state index < -0.39 is 6.36 Å². The van der Waals surface area contributed by atoms with Crippen LogP contribution in [0.15, 0.2) is 24.3 Å². The lowest BCUT2D eigenvalue weighted by atomic mass is 10.1. The number of benzene rings is 1. The fourth-order valence-electron chi connectivity index (χ4n) is 1.41. The number of ether oxygens (including phenoxy) is 1. The maximum Gasteiger partial charge on any atom is 0.573 e. The molecule has 0 aliphatic carbocycles. The molecule has 88 valence electrons. The Morgan fingerprint density at radius 1 is 1.25 bits per heavy atom. The van der Waals surface area contributed by atoms with Gasteiger partial charge in [-0.25, -0.2) is 0 Å². The van der Waals surface area contributed by atoms with Gasteiger partial charge in [0.15, 0.2) is 5.75 Å². The Balaban J connectivity index is 2.09. The van der Waals surface area contributed by atoms with Crippen LogP contribution in [0.2, 0.25) is 0 Å². The van der Waals surface area contributed by atoms with Crippen LogP contribution in [0.1, 0.15) is 0 Å². The fourth-order valence-corrected chi connectivity index (χ4v) is 1.41. The van der Waals surface area contributed by atoms with Crippen LogP contribution in [0.4, 0.5) is 18.9 Å². The van der Waals surface area contributed by atoms with Crippen LogP contribution in [0.25, 0.3) is 0 Å². The Morgan fingerprint density at radius 3 is 2.50 bits per heavy atom. The van der Waals surface area contributed by atoms with Crippen molar-refractivity contribution in [3.8, 4) is 5.75 Å². The van der Waals surface area contributed by atoms with Gasteiger partial charge in [0.1, 0.15) is 0 Å². The van der Waals surface area contributed by atoms with Crippen molar-refractivity contribution in [1.82, 2.24) is 5.32 Å². The van der Waals surface area contributed by atoms with E-state index in [0.29, 0.717) is 5.69 Å². The molecule has 1 fully saturated rings. The van der Waals surface area contributed by atoms with Crippen LogP contribution in [0, 0.1) is 0 Å². The summed E-state index contributed by atoms with van der Waals surface area (Å²) in [4.78, 5) is 0. The quantitative estimate of drug-likeness (QED) is 0.835. The lowest BCUT2D eigenvalue weighted by Gasteiger charge is -2.29. The summed E-state index contributed by atoms with van der Waals surface area (Å²) in [5.74, 6) is -0.193. The second kappa shape index (κ2) is 4.21. The van der Waals surface area contributed by atoms with Crippen molar-refractivity contribution in [2.24, 2.45) is 0 Å². The van der Waals surface area contributed by atoms with Crippen LogP contribution >= 0.6 is 0 Å². The van der Waals surface area contributed by atoms with Crippen molar-refractivity contribution in [2.75, 3.05) is 18.4 Å². The maximum absolute atomic E-state index is 12.1. The third-order valence-corrected chi connectivity index (χ3v) is 2.25. The van der Waals surface area contributed by atoms with Crippen molar-refractivity contribution in [3.63, 3.8) is 0 Å². The lowest BCUT2D eigenvalue weighted by Crippen LogP contribution is -2.51. The van der Waals surface area contributed by atoms with Gasteiger partial charge in [-0.15, -0.1) is 13.2 Å². The molecule has 0 bridgehead atoms. The Morgan fingerprint density at radius 2 is 1.94 bits per heavy atom. The van der Waals surface area contributed by atoms with Crippen LogP contribution in [-0.4, -0.2) is 25.5 Å². The molecule has 1 heterocycles. The first kappa shape index (κ1) is 11.1. The molecule has 0 radical (unpaired) electrons. The van der Waals surface area contributed by atoms with E-state index in [-0.39, 0.29) is 11.8 Å². The highest BCUT2D eigenvalue weighted by atomic mass is 19.4. The highest BCUT2D eigenvalue weighted by Gasteiger charge is 2.32.